The van der Waals surface area contributed by atoms with Crippen LogP contribution in [0.25, 0.3) is 11.2 Å². The fraction of sp³-hybridized carbons (Fsp3) is 0.500. The lowest BCUT2D eigenvalue weighted by atomic mass is 10.2. The quantitative estimate of drug-likeness (QED) is 0.359. The molecule has 0 spiro atoms. The van der Waals surface area contributed by atoms with Gasteiger partial charge in [-0.3, -0.25) is 4.57 Å². The van der Waals surface area contributed by atoms with Crippen LogP contribution in [0, 0.1) is 0 Å². The summed E-state index contributed by atoms with van der Waals surface area (Å²) in [6.45, 7) is 2.71. The number of hydrogen-bond acceptors (Lipinski definition) is 5. The van der Waals surface area contributed by atoms with Gasteiger partial charge in [-0.1, -0.05) is 25.0 Å². The SMILES string of the molecule is CCCCCn1c(=O)nc(N=NN)c2[nH]cnc21. The van der Waals surface area contributed by atoms with Crippen molar-refractivity contribution in [2.45, 2.75) is 32.7 Å². The van der Waals surface area contributed by atoms with Crippen molar-refractivity contribution >= 4 is 17.0 Å². The van der Waals surface area contributed by atoms with Crippen LogP contribution in [0.4, 0.5) is 5.82 Å². The van der Waals surface area contributed by atoms with E-state index in [0.29, 0.717) is 17.7 Å². The van der Waals surface area contributed by atoms with Crippen molar-refractivity contribution in [2.75, 3.05) is 0 Å². The van der Waals surface area contributed by atoms with Gasteiger partial charge in [0.15, 0.2) is 5.65 Å². The van der Waals surface area contributed by atoms with Gasteiger partial charge < -0.3 is 10.8 Å². The van der Waals surface area contributed by atoms with Gasteiger partial charge in [-0.2, -0.15) is 4.98 Å². The summed E-state index contributed by atoms with van der Waals surface area (Å²) in [5, 5.41) is 6.76. The van der Waals surface area contributed by atoms with Gasteiger partial charge in [0.25, 0.3) is 0 Å². The number of aromatic nitrogens is 4. The molecule has 0 fully saturated rings. The molecule has 0 saturated carbocycles. The zero-order chi connectivity index (χ0) is 13.0. The molecule has 2 rings (SSSR count). The smallest absolute Gasteiger partial charge is 0.340 e. The van der Waals surface area contributed by atoms with Crippen molar-refractivity contribution in [3.8, 4) is 0 Å². The molecule has 0 atom stereocenters. The Labute approximate surface area is 103 Å². The number of unbranched alkanes of at least 4 members (excludes halogenated alkanes) is 2. The molecular formula is C10H15N7O. The Kier molecular flexibility index (Phi) is 3.66. The van der Waals surface area contributed by atoms with Crippen LogP contribution in [-0.2, 0) is 6.54 Å². The van der Waals surface area contributed by atoms with E-state index < -0.39 is 0 Å². The molecule has 0 saturated heterocycles. The van der Waals surface area contributed by atoms with Gasteiger partial charge in [-0.25, -0.2) is 9.78 Å². The molecular weight excluding hydrogens is 234 g/mol. The monoisotopic (exact) mass is 249 g/mol. The minimum absolute atomic E-state index is 0.168. The summed E-state index contributed by atoms with van der Waals surface area (Å²) in [4.78, 5) is 22.7. The molecule has 8 heteroatoms. The zero-order valence-electron chi connectivity index (χ0n) is 10.1. The third-order valence-electron chi connectivity index (χ3n) is 2.67. The van der Waals surface area contributed by atoms with Crippen LogP contribution in [0.1, 0.15) is 26.2 Å². The van der Waals surface area contributed by atoms with Crippen LogP contribution in [0.2, 0.25) is 0 Å². The molecule has 0 aliphatic carbocycles. The van der Waals surface area contributed by atoms with Crippen molar-refractivity contribution in [1.29, 1.82) is 0 Å². The van der Waals surface area contributed by atoms with Gasteiger partial charge in [0, 0.05) is 6.54 Å². The summed E-state index contributed by atoms with van der Waals surface area (Å²) in [7, 11) is 0. The molecule has 2 heterocycles. The van der Waals surface area contributed by atoms with Crippen LogP contribution in [0.5, 0.6) is 0 Å². The van der Waals surface area contributed by atoms with Crippen molar-refractivity contribution in [3.05, 3.63) is 16.8 Å². The average Bonchev–Trinajstić information content (AvgIpc) is 2.82. The molecule has 0 bridgehead atoms. The number of rotatable bonds is 5. The predicted molar refractivity (Wildman–Crippen MR) is 66.4 cm³/mol. The highest BCUT2D eigenvalue weighted by molar-refractivity contribution is 5.80. The molecule has 2 aromatic rings. The summed E-state index contributed by atoms with van der Waals surface area (Å²) in [5.41, 5.74) is 0.724. The lowest BCUT2D eigenvalue weighted by Gasteiger charge is -2.05. The minimum Gasteiger partial charge on any atom is -0.340 e. The molecule has 0 radical (unpaired) electrons. The Balaban J connectivity index is 2.47. The second kappa shape index (κ2) is 5.39. The van der Waals surface area contributed by atoms with E-state index in [1.165, 1.54) is 10.9 Å². The second-order valence-corrected chi connectivity index (χ2v) is 3.89. The van der Waals surface area contributed by atoms with E-state index in [-0.39, 0.29) is 11.5 Å². The van der Waals surface area contributed by atoms with Crippen molar-refractivity contribution in [1.82, 2.24) is 19.5 Å². The number of nitrogens with zero attached hydrogens (tertiary/aromatic N) is 5. The van der Waals surface area contributed by atoms with E-state index >= 15 is 0 Å². The highest BCUT2D eigenvalue weighted by Crippen LogP contribution is 2.18. The summed E-state index contributed by atoms with van der Waals surface area (Å²) in [6, 6.07) is 0. The maximum atomic E-state index is 11.9. The minimum atomic E-state index is -0.381. The van der Waals surface area contributed by atoms with Crippen molar-refractivity contribution in [2.24, 2.45) is 16.2 Å². The molecule has 0 aliphatic rings. The van der Waals surface area contributed by atoms with E-state index in [2.05, 4.69) is 32.2 Å². The molecule has 2 aromatic heterocycles. The Morgan fingerprint density at radius 1 is 1.50 bits per heavy atom. The molecule has 0 aliphatic heterocycles. The lowest BCUT2D eigenvalue weighted by molar-refractivity contribution is 0.590. The maximum Gasteiger partial charge on any atom is 0.351 e. The van der Waals surface area contributed by atoms with E-state index in [1.807, 2.05) is 0 Å². The fourth-order valence-electron chi connectivity index (χ4n) is 1.80. The Hall–Kier alpha value is -2.25. The Bertz CT molecular complexity index is 612. The van der Waals surface area contributed by atoms with Crippen molar-refractivity contribution < 1.29 is 0 Å². The van der Waals surface area contributed by atoms with Crippen LogP contribution in [0.3, 0.4) is 0 Å². The van der Waals surface area contributed by atoms with Gasteiger partial charge in [-0.15, -0.1) is 5.11 Å². The number of fused-ring (bicyclic) bond motifs is 1. The summed E-state index contributed by atoms with van der Waals surface area (Å²) >= 11 is 0. The van der Waals surface area contributed by atoms with Crippen molar-refractivity contribution in [3.63, 3.8) is 0 Å². The van der Waals surface area contributed by atoms with Gasteiger partial charge in [0.2, 0.25) is 5.82 Å². The first-order valence-corrected chi connectivity index (χ1v) is 5.82. The number of aromatic amines is 1. The van der Waals surface area contributed by atoms with E-state index in [1.54, 1.807) is 0 Å². The van der Waals surface area contributed by atoms with Crippen LogP contribution < -0.4 is 11.5 Å². The van der Waals surface area contributed by atoms with Gasteiger partial charge in [0.05, 0.1) is 6.33 Å². The fourth-order valence-corrected chi connectivity index (χ4v) is 1.80. The van der Waals surface area contributed by atoms with Gasteiger partial charge >= 0.3 is 5.69 Å². The molecule has 0 amide bonds. The first kappa shape index (κ1) is 12.2. The van der Waals surface area contributed by atoms with Gasteiger partial charge in [-0.05, 0) is 6.42 Å². The number of hydrogen-bond donors (Lipinski definition) is 2. The number of aryl methyl sites for hydroxylation is 1. The van der Waals surface area contributed by atoms with Crippen LogP contribution in [0.15, 0.2) is 21.5 Å². The first-order valence-electron chi connectivity index (χ1n) is 5.82. The number of nitrogens with one attached hydrogen (secondary N) is 1. The highest BCUT2D eigenvalue weighted by atomic mass is 16.1. The summed E-state index contributed by atoms with van der Waals surface area (Å²) in [5.74, 6) is 5.15. The largest absolute Gasteiger partial charge is 0.351 e. The normalized spacial score (nSPS) is 11.6. The molecule has 18 heavy (non-hydrogen) atoms. The zero-order valence-corrected chi connectivity index (χ0v) is 10.1. The number of H-pyrrole nitrogens is 1. The summed E-state index contributed by atoms with van der Waals surface area (Å²) in [6.07, 6.45) is 4.56. The van der Waals surface area contributed by atoms with E-state index in [4.69, 9.17) is 5.84 Å². The van der Waals surface area contributed by atoms with Crippen LogP contribution in [-0.4, -0.2) is 19.5 Å². The lowest BCUT2D eigenvalue weighted by Crippen LogP contribution is -2.23. The molecule has 0 unspecified atom stereocenters. The second-order valence-electron chi connectivity index (χ2n) is 3.89. The molecule has 8 nitrogen and oxygen atoms in total. The average molecular weight is 249 g/mol. The van der Waals surface area contributed by atoms with Gasteiger partial charge in [0.1, 0.15) is 5.52 Å². The van der Waals surface area contributed by atoms with E-state index in [0.717, 1.165) is 19.3 Å². The molecule has 0 aromatic carbocycles. The highest BCUT2D eigenvalue weighted by Gasteiger charge is 2.12. The van der Waals surface area contributed by atoms with Crippen LogP contribution >= 0.6 is 0 Å². The molecule has 96 valence electrons. The standard InChI is InChI=1S/C10H15N7O/c1-2-3-4-5-17-9-7(12-6-13-9)8(15-16-11)14-10(17)18/h6H,2-5H2,1H3,(H,12,13)(H2,11,14,15,18). The predicted octanol–water partition coefficient (Wildman–Crippen LogP) is 1.27. The number of imidazole rings is 1. The first-order chi connectivity index (χ1) is 8.77. The summed E-state index contributed by atoms with van der Waals surface area (Å²) < 4.78 is 1.54. The maximum absolute atomic E-state index is 11.9. The Morgan fingerprint density at radius 3 is 3.06 bits per heavy atom. The number of nitrogens with two attached hydrogens (primary N) is 1. The third-order valence-corrected chi connectivity index (χ3v) is 2.67. The third kappa shape index (κ3) is 2.22. The van der Waals surface area contributed by atoms with E-state index in [9.17, 15) is 4.79 Å². The Morgan fingerprint density at radius 2 is 2.33 bits per heavy atom. The topological polar surface area (TPSA) is 114 Å². The molecule has 3 N–H and O–H groups in total.